The van der Waals surface area contributed by atoms with Gasteiger partial charge in [0, 0.05) is 44.6 Å². The van der Waals surface area contributed by atoms with E-state index in [0.717, 1.165) is 24.1 Å². The van der Waals surface area contributed by atoms with Crippen molar-refractivity contribution < 1.29 is 4.92 Å². The van der Waals surface area contributed by atoms with Gasteiger partial charge in [0.25, 0.3) is 0 Å². The van der Waals surface area contributed by atoms with E-state index >= 15 is 0 Å². The van der Waals surface area contributed by atoms with Crippen molar-refractivity contribution in [2.24, 2.45) is 0 Å². The first-order chi connectivity index (χ1) is 13.5. The molecule has 1 aliphatic heterocycles. The van der Waals surface area contributed by atoms with Gasteiger partial charge in [-0.3, -0.25) is 25.0 Å². The highest BCUT2D eigenvalue weighted by Gasteiger charge is 2.29. The smallest absolute Gasteiger partial charge is 0.315 e. The van der Waals surface area contributed by atoms with Crippen molar-refractivity contribution in [1.29, 1.82) is 0 Å². The van der Waals surface area contributed by atoms with Gasteiger partial charge in [-0.2, -0.15) is 0 Å². The molecule has 28 heavy (non-hydrogen) atoms. The van der Waals surface area contributed by atoms with Gasteiger partial charge in [0.2, 0.25) is 0 Å². The molecule has 144 valence electrons. The van der Waals surface area contributed by atoms with Gasteiger partial charge in [0.05, 0.1) is 16.0 Å². The molecular formula is C20H22N6O2. The number of nitro benzene ring substituents is 1. The molecule has 4 rings (SSSR count). The number of piperazine rings is 1. The van der Waals surface area contributed by atoms with Crippen molar-refractivity contribution in [3.63, 3.8) is 0 Å². The summed E-state index contributed by atoms with van der Waals surface area (Å²) < 4.78 is 0. The van der Waals surface area contributed by atoms with Crippen LogP contribution in [0.4, 0.5) is 17.1 Å². The summed E-state index contributed by atoms with van der Waals surface area (Å²) in [5.41, 5.74) is 9.60. The van der Waals surface area contributed by atoms with Crippen molar-refractivity contribution in [2.45, 2.75) is 19.5 Å². The maximum absolute atomic E-state index is 11.5. The minimum absolute atomic E-state index is 0.00347. The van der Waals surface area contributed by atoms with Gasteiger partial charge in [-0.15, -0.1) is 0 Å². The third-order valence-corrected chi connectivity index (χ3v) is 5.25. The second-order valence-corrected chi connectivity index (χ2v) is 7.12. The summed E-state index contributed by atoms with van der Waals surface area (Å²) in [7, 11) is 0. The molecule has 0 amide bonds. The van der Waals surface area contributed by atoms with Crippen LogP contribution < -0.4 is 10.6 Å². The fourth-order valence-electron chi connectivity index (χ4n) is 3.79. The van der Waals surface area contributed by atoms with E-state index in [1.807, 2.05) is 6.07 Å². The van der Waals surface area contributed by atoms with Gasteiger partial charge >= 0.3 is 5.69 Å². The first-order valence-electron chi connectivity index (χ1n) is 9.24. The fraction of sp³-hybridized carbons (Fsp3) is 0.300. The van der Waals surface area contributed by atoms with Gasteiger partial charge in [-0.25, -0.2) is 0 Å². The molecule has 8 heteroatoms. The number of nitrogen functional groups attached to an aromatic ring is 1. The van der Waals surface area contributed by atoms with E-state index in [-0.39, 0.29) is 17.4 Å². The summed E-state index contributed by atoms with van der Waals surface area (Å²) in [6.07, 6.45) is 3.39. The number of para-hydroxylation sites is 1. The van der Waals surface area contributed by atoms with Crippen LogP contribution in [0.5, 0.6) is 0 Å². The summed E-state index contributed by atoms with van der Waals surface area (Å²) in [6.45, 7) is 5.18. The normalized spacial score (nSPS) is 17.8. The molecule has 3 aromatic rings. The van der Waals surface area contributed by atoms with Crippen LogP contribution in [-0.4, -0.2) is 45.5 Å². The number of rotatable bonds is 4. The summed E-state index contributed by atoms with van der Waals surface area (Å²) in [5, 5.41) is 11.5. The summed E-state index contributed by atoms with van der Waals surface area (Å²) in [6, 6.07) is 11.5. The van der Waals surface area contributed by atoms with Crippen LogP contribution in [0.3, 0.4) is 0 Å². The predicted octanol–water partition coefficient (Wildman–Crippen LogP) is 2.83. The Morgan fingerprint density at radius 3 is 2.71 bits per heavy atom. The zero-order valence-electron chi connectivity index (χ0n) is 15.7. The zero-order valence-corrected chi connectivity index (χ0v) is 15.7. The van der Waals surface area contributed by atoms with Crippen LogP contribution in [-0.2, 0) is 6.54 Å². The highest BCUT2D eigenvalue weighted by molar-refractivity contribution is 5.76. The Labute approximate surface area is 162 Å². The van der Waals surface area contributed by atoms with Crippen molar-refractivity contribution in [1.82, 2.24) is 14.9 Å². The van der Waals surface area contributed by atoms with E-state index < -0.39 is 4.92 Å². The first kappa shape index (κ1) is 18.1. The van der Waals surface area contributed by atoms with E-state index in [9.17, 15) is 10.1 Å². The minimum atomic E-state index is -0.391. The molecule has 2 N–H and O–H groups in total. The molecule has 1 atom stereocenters. The largest absolute Gasteiger partial charge is 0.393 e. The molecular weight excluding hydrogens is 356 g/mol. The second-order valence-electron chi connectivity index (χ2n) is 7.12. The number of fused-ring (bicyclic) bond motifs is 1. The number of hydrogen-bond acceptors (Lipinski definition) is 7. The Hall–Kier alpha value is -3.26. The van der Waals surface area contributed by atoms with E-state index in [0.29, 0.717) is 18.8 Å². The molecule has 1 aromatic heterocycles. The van der Waals surface area contributed by atoms with Crippen molar-refractivity contribution in [3.8, 4) is 0 Å². The summed E-state index contributed by atoms with van der Waals surface area (Å²) >= 11 is 0. The third kappa shape index (κ3) is 3.46. The monoisotopic (exact) mass is 378 g/mol. The average Bonchev–Trinajstić information content (AvgIpc) is 2.69. The summed E-state index contributed by atoms with van der Waals surface area (Å²) in [5.74, 6) is 0. The van der Waals surface area contributed by atoms with Crippen molar-refractivity contribution in [3.05, 3.63) is 64.5 Å². The maximum Gasteiger partial charge on any atom is 0.315 e. The van der Waals surface area contributed by atoms with Crippen molar-refractivity contribution in [2.75, 3.05) is 30.3 Å². The molecule has 0 spiro atoms. The van der Waals surface area contributed by atoms with E-state index in [1.54, 1.807) is 30.6 Å². The molecule has 1 aliphatic rings. The number of anilines is 2. The van der Waals surface area contributed by atoms with Gasteiger partial charge in [0.1, 0.15) is 11.4 Å². The standard InChI is InChI=1S/C20H22N6O2/c1-14-12-25(19-4-2-3-16(21)20(19)26(27)28)10-9-24(14)13-15-5-6-17-18(11-15)23-8-7-22-17/h2-8,11,14H,9-10,12-13,21H2,1H3. The quantitative estimate of drug-likeness (QED) is 0.423. The Kier molecular flexibility index (Phi) is 4.79. The molecule has 8 nitrogen and oxygen atoms in total. The highest BCUT2D eigenvalue weighted by Crippen LogP contribution is 2.34. The Bertz CT molecular complexity index is 1020. The van der Waals surface area contributed by atoms with Gasteiger partial charge in [-0.05, 0) is 36.8 Å². The van der Waals surface area contributed by atoms with E-state index in [2.05, 4.69) is 38.8 Å². The molecule has 0 radical (unpaired) electrons. The lowest BCUT2D eigenvalue weighted by Crippen LogP contribution is -2.51. The number of hydrogen-bond donors (Lipinski definition) is 1. The summed E-state index contributed by atoms with van der Waals surface area (Å²) in [4.78, 5) is 24.2. The Morgan fingerprint density at radius 1 is 1.18 bits per heavy atom. The number of aromatic nitrogens is 2. The van der Waals surface area contributed by atoms with Gasteiger partial charge < -0.3 is 10.6 Å². The third-order valence-electron chi connectivity index (χ3n) is 5.25. The number of nitrogens with two attached hydrogens (primary N) is 1. The van der Waals surface area contributed by atoms with Crippen LogP contribution >= 0.6 is 0 Å². The lowest BCUT2D eigenvalue weighted by molar-refractivity contribution is -0.383. The predicted molar refractivity (Wildman–Crippen MR) is 109 cm³/mol. The molecule has 0 saturated carbocycles. The molecule has 1 fully saturated rings. The lowest BCUT2D eigenvalue weighted by Gasteiger charge is -2.40. The zero-order chi connectivity index (χ0) is 19.7. The SMILES string of the molecule is CC1CN(c2cccc(N)c2[N+](=O)[O-])CCN1Cc1ccc2nccnc2c1. The molecule has 2 aromatic carbocycles. The average molecular weight is 378 g/mol. The van der Waals surface area contributed by atoms with Gasteiger partial charge in [-0.1, -0.05) is 12.1 Å². The van der Waals surface area contributed by atoms with Crippen LogP contribution in [0.15, 0.2) is 48.8 Å². The second kappa shape index (κ2) is 7.40. The van der Waals surface area contributed by atoms with Crippen LogP contribution in [0.1, 0.15) is 12.5 Å². The Morgan fingerprint density at radius 2 is 1.96 bits per heavy atom. The lowest BCUT2D eigenvalue weighted by atomic mass is 10.1. The minimum Gasteiger partial charge on any atom is -0.393 e. The Balaban J connectivity index is 1.50. The highest BCUT2D eigenvalue weighted by atomic mass is 16.6. The van der Waals surface area contributed by atoms with Gasteiger partial charge in [0.15, 0.2) is 0 Å². The maximum atomic E-state index is 11.5. The number of nitro groups is 1. The van der Waals surface area contributed by atoms with Crippen LogP contribution in [0, 0.1) is 10.1 Å². The molecule has 0 aliphatic carbocycles. The first-order valence-corrected chi connectivity index (χ1v) is 9.24. The molecule has 1 unspecified atom stereocenters. The molecule has 1 saturated heterocycles. The van der Waals surface area contributed by atoms with Crippen LogP contribution in [0.25, 0.3) is 11.0 Å². The number of benzene rings is 2. The van der Waals surface area contributed by atoms with E-state index in [4.69, 9.17) is 5.73 Å². The van der Waals surface area contributed by atoms with E-state index in [1.165, 1.54) is 5.56 Å². The topological polar surface area (TPSA) is 101 Å². The fourth-order valence-corrected chi connectivity index (χ4v) is 3.79. The van der Waals surface area contributed by atoms with Crippen LogP contribution in [0.2, 0.25) is 0 Å². The number of nitrogens with zero attached hydrogens (tertiary/aromatic N) is 5. The molecule has 2 heterocycles. The molecule has 0 bridgehead atoms. The van der Waals surface area contributed by atoms with Crippen molar-refractivity contribution >= 4 is 28.1 Å².